The van der Waals surface area contributed by atoms with E-state index < -0.39 is 0 Å². The Labute approximate surface area is 99.7 Å². The first kappa shape index (κ1) is 11.4. The van der Waals surface area contributed by atoms with Crippen molar-refractivity contribution in [2.75, 3.05) is 12.3 Å². The van der Waals surface area contributed by atoms with Crippen LogP contribution in [-0.4, -0.2) is 16.7 Å². The molecular weight excluding hydrogens is 216 g/mol. The Bertz CT molecular complexity index is 483. The van der Waals surface area contributed by atoms with Gasteiger partial charge in [-0.25, -0.2) is 4.98 Å². The van der Waals surface area contributed by atoms with Gasteiger partial charge in [0.25, 0.3) is 0 Å². The SMILES string of the molecule is Nc1ccc(Oc2ccccc2CCO)nc1. The highest BCUT2D eigenvalue weighted by molar-refractivity contribution is 5.39. The molecule has 0 amide bonds. The van der Waals surface area contributed by atoms with Gasteiger partial charge < -0.3 is 15.6 Å². The number of nitrogen functional groups attached to an aromatic ring is 1. The molecule has 0 aliphatic carbocycles. The standard InChI is InChI=1S/C13H14N2O2/c14-11-5-6-13(15-9-11)17-12-4-2-1-3-10(12)7-8-16/h1-6,9,16H,7-8,14H2. The van der Waals surface area contributed by atoms with Crippen molar-refractivity contribution in [1.82, 2.24) is 4.98 Å². The normalized spacial score (nSPS) is 10.2. The van der Waals surface area contributed by atoms with Crippen molar-refractivity contribution < 1.29 is 9.84 Å². The van der Waals surface area contributed by atoms with Gasteiger partial charge in [-0.3, -0.25) is 0 Å². The molecule has 2 rings (SSSR count). The molecule has 1 aromatic heterocycles. The zero-order chi connectivity index (χ0) is 12.1. The lowest BCUT2D eigenvalue weighted by Gasteiger charge is -2.09. The number of nitrogens with zero attached hydrogens (tertiary/aromatic N) is 1. The lowest BCUT2D eigenvalue weighted by Crippen LogP contribution is -1.96. The summed E-state index contributed by atoms with van der Waals surface area (Å²) in [6.07, 6.45) is 2.11. The largest absolute Gasteiger partial charge is 0.439 e. The number of hydrogen-bond donors (Lipinski definition) is 2. The van der Waals surface area contributed by atoms with Crippen molar-refractivity contribution in [3.63, 3.8) is 0 Å². The van der Waals surface area contributed by atoms with Crippen LogP contribution < -0.4 is 10.5 Å². The highest BCUT2D eigenvalue weighted by Crippen LogP contribution is 2.24. The van der Waals surface area contributed by atoms with Crippen molar-refractivity contribution in [3.05, 3.63) is 48.2 Å². The number of benzene rings is 1. The van der Waals surface area contributed by atoms with Crippen LogP contribution in [0.1, 0.15) is 5.56 Å². The third kappa shape index (κ3) is 2.95. The number of aliphatic hydroxyl groups excluding tert-OH is 1. The first-order valence-corrected chi connectivity index (χ1v) is 5.38. The lowest BCUT2D eigenvalue weighted by atomic mass is 10.1. The lowest BCUT2D eigenvalue weighted by molar-refractivity contribution is 0.297. The molecule has 0 saturated heterocycles. The zero-order valence-electron chi connectivity index (χ0n) is 9.34. The van der Waals surface area contributed by atoms with Gasteiger partial charge in [-0.15, -0.1) is 0 Å². The number of nitrogens with two attached hydrogens (primary N) is 1. The van der Waals surface area contributed by atoms with Crippen molar-refractivity contribution >= 4 is 5.69 Å². The molecule has 0 spiro atoms. The maximum atomic E-state index is 8.96. The van der Waals surface area contributed by atoms with E-state index in [0.29, 0.717) is 23.7 Å². The molecule has 0 aliphatic heterocycles. The van der Waals surface area contributed by atoms with Crippen LogP contribution in [0.4, 0.5) is 5.69 Å². The maximum absolute atomic E-state index is 8.96. The van der Waals surface area contributed by atoms with E-state index >= 15 is 0 Å². The molecule has 88 valence electrons. The summed E-state index contributed by atoms with van der Waals surface area (Å²) >= 11 is 0. The number of aliphatic hydroxyl groups is 1. The smallest absolute Gasteiger partial charge is 0.219 e. The average molecular weight is 230 g/mol. The van der Waals surface area contributed by atoms with E-state index in [-0.39, 0.29) is 6.61 Å². The molecule has 0 aliphatic rings. The number of aromatic nitrogens is 1. The molecule has 3 N–H and O–H groups in total. The second-order valence-corrected chi connectivity index (χ2v) is 3.61. The fourth-order valence-electron chi connectivity index (χ4n) is 1.50. The van der Waals surface area contributed by atoms with E-state index in [0.717, 1.165) is 5.56 Å². The molecule has 0 bridgehead atoms. The molecule has 1 heterocycles. The van der Waals surface area contributed by atoms with Crippen LogP contribution in [0.15, 0.2) is 42.6 Å². The van der Waals surface area contributed by atoms with E-state index in [1.165, 1.54) is 0 Å². The topological polar surface area (TPSA) is 68.4 Å². The Hall–Kier alpha value is -2.07. The van der Waals surface area contributed by atoms with Crippen molar-refractivity contribution in [2.24, 2.45) is 0 Å². The van der Waals surface area contributed by atoms with Crippen LogP contribution in [0.25, 0.3) is 0 Å². The Morgan fingerprint density at radius 3 is 2.71 bits per heavy atom. The van der Waals surface area contributed by atoms with Gasteiger partial charge in [-0.05, 0) is 24.1 Å². The monoisotopic (exact) mass is 230 g/mol. The number of hydrogen-bond acceptors (Lipinski definition) is 4. The van der Waals surface area contributed by atoms with Crippen molar-refractivity contribution in [2.45, 2.75) is 6.42 Å². The highest BCUT2D eigenvalue weighted by atomic mass is 16.5. The van der Waals surface area contributed by atoms with E-state index in [2.05, 4.69) is 4.98 Å². The Balaban J connectivity index is 2.20. The van der Waals surface area contributed by atoms with Crippen LogP contribution in [0, 0.1) is 0 Å². The molecule has 2 aromatic rings. The second-order valence-electron chi connectivity index (χ2n) is 3.61. The summed E-state index contributed by atoms with van der Waals surface area (Å²) in [5, 5.41) is 8.96. The molecule has 0 radical (unpaired) electrons. The van der Waals surface area contributed by atoms with E-state index in [1.807, 2.05) is 24.3 Å². The van der Waals surface area contributed by atoms with Gasteiger partial charge in [0.1, 0.15) is 5.75 Å². The first-order chi connectivity index (χ1) is 8.29. The summed E-state index contributed by atoms with van der Waals surface area (Å²) in [7, 11) is 0. The molecule has 17 heavy (non-hydrogen) atoms. The summed E-state index contributed by atoms with van der Waals surface area (Å²) in [4.78, 5) is 4.07. The van der Waals surface area contributed by atoms with Gasteiger partial charge in [0.05, 0.1) is 11.9 Å². The number of pyridine rings is 1. The fraction of sp³-hybridized carbons (Fsp3) is 0.154. The van der Waals surface area contributed by atoms with Crippen LogP contribution >= 0.6 is 0 Å². The van der Waals surface area contributed by atoms with Crippen LogP contribution in [0.5, 0.6) is 11.6 Å². The summed E-state index contributed by atoms with van der Waals surface area (Å²) in [6, 6.07) is 11.0. The van der Waals surface area contributed by atoms with Crippen LogP contribution in [0.2, 0.25) is 0 Å². The molecule has 0 atom stereocenters. The number of para-hydroxylation sites is 1. The van der Waals surface area contributed by atoms with E-state index in [9.17, 15) is 0 Å². The van der Waals surface area contributed by atoms with Crippen LogP contribution in [-0.2, 0) is 6.42 Å². The first-order valence-electron chi connectivity index (χ1n) is 5.38. The van der Waals surface area contributed by atoms with Gasteiger partial charge in [0.15, 0.2) is 0 Å². The number of ether oxygens (including phenoxy) is 1. The molecule has 0 saturated carbocycles. The van der Waals surface area contributed by atoms with Crippen LogP contribution in [0.3, 0.4) is 0 Å². The predicted octanol–water partition coefficient (Wildman–Crippen LogP) is 1.99. The minimum Gasteiger partial charge on any atom is -0.439 e. The predicted molar refractivity (Wildman–Crippen MR) is 66.0 cm³/mol. The summed E-state index contributed by atoms with van der Waals surface area (Å²) in [5.41, 5.74) is 7.10. The second kappa shape index (κ2) is 5.32. The summed E-state index contributed by atoms with van der Waals surface area (Å²) in [5.74, 6) is 1.20. The van der Waals surface area contributed by atoms with E-state index in [4.69, 9.17) is 15.6 Å². The Kier molecular flexibility index (Phi) is 3.57. The van der Waals surface area contributed by atoms with Gasteiger partial charge >= 0.3 is 0 Å². The highest BCUT2D eigenvalue weighted by Gasteiger charge is 2.04. The molecule has 0 fully saturated rings. The summed E-state index contributed by atoms with van der Waals surface area (Å²) < 4.78 is 5.64. The quantitative estimate of drug-likeness (QED) is 0.842. The molecule has 4 nitrogen and oxygen atoms in total. The molecule has 4 heteroatoms. The molecule has 0 unspecified atom stereocenters. The third-order valence-electron chi connectivity index (χ3n) is 2.33. The minimum absolute atomic E-state index is 0.0928. The molecular formula is C13H14N2O2. The Morgan fingerprint density at radius 2 is 2.00 bits per heavy atom. The maximum Gasteiger partial charge on any atom is 0.219 e. The third-order valence-corrected chi connectivity index (χ3v) is 2.33. The molecule has 1 aromatic carbocycles. The number of rotatable bonds is 4. The summed E-state index contributed by atoms with van der Waals surface area (Å²) in [6.45, 7) is 0.0928. The van der Waals surface area contributed by atoms with Gasteiger partial charge in [-0.1, -0.05) is 18.2 Å². The zero-order valence-corrected chi connectivity index (χ0v) is 9.34. The van der Waals surface area contributed by atoms with E-state index in [1.54, 1.807) is 18.3 Å². The van der Waals surface area contributed by atoms with Gasteiger partial charge in [-0.2, -0.15) is 0 Å². The average Bonchev–Trinajstić information content (AvgIpc) is 2.35. The minimum atomic E-state index is 0.0928. The van der Waals surface area contributed by atoms with Crippen molar-refractivity contribution in [1.29, 1.82) is 0 Å². The van der Waals surface area contributed by atoms with Gasteiger partial charge in [0.2, 0.25) is 5.88 Å². The van der Waals surface area contributed by atoms with Gasteiger partial charge in [0, 0.05) is 12.7 Å². The van der Waals surface area contributed by atoms with Crippen molar-refractivity contribution in [3.8, 4) is 11.6 Å². The Morgan fingerprint density at radius 1 is 1.18 bits per heavy atom. The fourth-order valence-corrected chi connectivity index (χ4v) is 1.50. The number of anilines is 1.